The normalized spacial score (nSPS) is 28.8. The van der Waals surface area contributed by atoms with Crippen LogP contribution in [0.25, 0.3) is 0 Å². The van der Waals surface area contributed by atoms with Gasteiger partial charge in [-0.1, -0.05) is 0 Å². The maximum absolute atomic E-state index is 11.4. The highest BCUT2D eigenvalue weighted by atomic mass is 32.2. The molecule has 0 aromatic rings. The number of guanidine groups is 1. The molecule has 1 saturated carbocycles. The quantitative estimate of drug-likeness (QED) is 0.510. The highest BCUT2D eigenvalue weighted by Gasteiger charge is 2.26. The Morgan fingerprint density at radius 1 is 1.47 bits per heavy atom. The fourth-order valence-corrected chi connectivity index (χ4v) is 3.00. The molecule has 0 bridgehead atoms. The Morgan fingerprint density at radius 3 is 2.82 bits per heavy atom. The van der Waals surface area contributed by atoms with Crippen molar-refractivity contribution >= 4 is 15.8 Å². The molecule has 6 nitrogen and oxygen atoms in total. The van der Waals surface area contributed by atoms with E-state index >= 15 is 0 Å². The van der Waals surface area contributed by atoms with Crippen LogP contribution in [0.4, 0.5) is 0 Å². The maximum atomic E-state index is 11.4. The third kappa shape index (κ3) is 4.16. The van der Waals surface area contributed by atoms with Gasteiger partial charge in [0.1, 0.15) is 0 Å². The molecule has 0 radical (unpaired) electrons. The number of nitrogens with one attached hydrogen (secondary N) is 2. The lowest BCUT2D eigenvalue weighted by Gasteiger charge is -2.23. The van der Waals surface area contributed by atoms with Crippen molar-refractivity contribution in [1.29, 1.82) is 0 Å². The van der Waals surface area contributed by atoms with E-state index in [1.807, 2.05) is 0 Å². The van der Waals surface area contributed by atoms with E-state index < -0.39 is 9.84 Å². The van der Waals surface area contributed by atoms with Crippen molar-refractivity contribution in [3.8, 4) is 0 Å². The Kier molecular flexibility index (Phi) is 3.88. The molecule has 2 fully saturated rings. The smallest absolute Gasteiger partial charge is 0.191 e. The maximum Gasteiger partial charge on any atom is 0.191 e. The van der Waals surface area contributed by atoms with Crippen LogP contribution < -0.4 is 10.6 Å². The number of ether oxygens (including phenoxy) is 1. The van der Waals surface area contributed by atoms with Crippen LogP contribution in [0.5, 0.6) is 0 Å². The van der Waals surface area contributed by atoms with Crippen molar-refractivity contribution < 1.29 is 13.2 Å². The van der Waals surface area contributed by atoms with E-state index in [0.717, 1.165) is 5.96 Å². The second-order valence-electron chi connectivity index (χ2n) is 4.48. The molecular weight excluding hydrogens is 242 g/mol. The summed E-state index contributed by atoms with van der Waals surface area (Å²) in [6, 6.07) is 0.525. The van der Waals surface area contributed by atoms with E-state index in [9.17, 15) is 8.42 Å². The van der Waals surface area contributed by atoms with Crippen molar-refractivity contribution in [3.63, 3.8) is 0 Å². The predicted octanol–water partition coefficient (Wildman–Crippen LogP) is -0.873. The molecule has 1 heterocycles. The Balaban J connectivity index is 1.76. The number of hydrogen-bond acceptors (Lipinski definition) is 4. The third-order valence-electron chi connectivity index (χ3n) is 2.83. The van der Waals surface area contributed by atoms with E-state index in [0.29, 0.717) is 19.2 Å². The van der Waals surface area contributed by atoms with Gasteiger partial charge in [-0.25, -0.2) is 8.42 Å². The first-order valence-corrected chi connectivity index (χ1v) is 7.70. The van der Waals surface area contributed by atoms with E-state index in [1.165, 1.54) is 12.8 Å². The van der Waals surface area contributed by atoms with Gasteiger partial charge in [0.25, 0.3) is 0 Å². The molecule has 2 N–H and O–H groups in total. The molecular formula is C10H19N3O3S. The first-order valence-electron chi connectivity index (χ1n) is 5.88. The minimum absolute atomic E-state index is 0.0976. The van der Waals surface area contributed by atoms with Gasteiger partial charge >= 0.3 is 0 Å². The molecule has 1 saturated heterocycles. The third-order valence-corrected chi connectivity index (χ3v) is 4.50. The van der Waals surface area contributed by atoms with Gasteiger partial charge in [0, 0.05) is 19.6 Å². The van der Waals surface area contributed by atoms with Crippen LogP contribution in [0, 0.1) is 0 Å². The Labute approximate surface area is 102 Å². The summed E-state index contributed by atoms with van der Waals surface area (Å²) in [6.45, 7) is 0.773. The minimum atomic E-state index is -2.92. The summed E-state index contributed by atoms with van der Waals surface area (Å²) in [7, 11) is -1.22. The lowest BCUT2D eigenvalue weighted by Crippen LogP contribution is -2.46. The lowest BCUT2D eigenvalue weighted by atomic mass is 10.4. The molecule has 1 aliphatic heterocycles. The van der Waals surface area contributed by atoms with Gasteiger partial charge in [-0.3, -0.25) is 4.99 Å². The van der Waals surface area contributed by atoms with Crippen molar-refractivity contribution in [1.82, 2.24) is 10.6 Å². The highest BCUT2D eigenvalue weighted by molar-refractivity contribution is 7.91. The molecule has 1 aliphatic carbocycles. The monoisotopic (exact) mass is 261 g/mol. The van der Waals surface area contributed by atoms with Gasteiger partial charge < -0.3 is 15.4 Å². The van der Waals surface area contributed by atoms with Gasteiger partial charge in [-0.2, -0.15) is 0 Å². The average Bonchev–Trinajstić information content (AvgIpc) is 3.06. The van der Waals surface area contributed by atoms with Crippen molar-refractivity contribution in [2.24, 2.45) is 4.99 Å². The Hall–Kier alpha value is -0.820. The molecule has 0 aromatic heterocycles. The summed E-state index contributed by atoms with van der Waals surface area (Å²) >= 11 is 0. The topological polar surface area (TPSA) is 79.8 Å². The summed E-state index contributed by atoms with van der Waals surface area (Å²) in [5.41, 5.74) is 0. The Morgan fingerprint density at radius 2 is 2.24 bits per heavy atom. The molecule has 1 atom stereocenters. The predicted molar refractivity (Wildman–Crippen MR) is 65.9 cm³/mol. The van der Waals surface area contributed by atoms with E-state index in [2.05, 4.69) is 15.6 Å². The zero-order chi connectivity index (χ0) is 12.3. The standard InChI is InChI=1S/C10H19N3O3S/c1-11-10(13-8-2-3-8)12-6-9-7-17(14,15)5-4-16-9/h8-9H,2-7H2,1H3,(H2,11,12,13). The van der Waals surface area contributed by atoms with Gasteiger partial charge in [0.05, 0.1) is 24.2 Å². The molecule has 0 amide bonds. The largest absolute Gasteiger partial charge is 0.374 e. The molecule has 1 unspecified atom stereocenters. The molecule has 0 aromatic carbocycles. The molecule has 17 heavy (non-hydrogen) atoms. The van der Waals surface area contributed by atoms with Crippen LogP contribution in [0.2, 0.25) is 0 Å². The summed E-state index contributed by atoms with van der Waals surface area (Å²) < 4.78 is 28.2. The van der Waals surface area contributed by atoms with Crippen LogP contribution >= 0.6 is 0 Å². The summed E-state index contributed by atoms with van der Waals surface area (Å²) in [5, 5.41) is 6.33. The molecule has 98 valence electrons. The van der Waals surface area contributed by atoms with Crippen LogP contribution in [-0.4, -0.2) is 58.2 Å². The number of nitrogens with zero attached hydrogens (tertiary/aromatic N) is 1. The van der Waals surface area contributed by atoms with Crippen LogP contribution in [0.15, 0.2) is 4.99 Å². The molecule has 7 heteroatoms. The number of rotatable bonds is 3. The Bertz CT molecular complexity index is 390. The van der Waals surface area contributed by atoms with Crippen molar-refractivity contribution in [3.05, 3.63) is 0 Å². The minimum Gasteiger partial charge on any atom is -0.374 e. The first-order chi connectivity index (χ1) is 8.09. The number of hydrogen-bond donors (Lipinski definition) is 2. The first kappa shape index (κ1) is 12.6. The summed E-state index contributed by atoms with van der Waals surface area (Å²) in [5.74, 6) is 0.956. The number of aliphatic imine (C=N–C) groups is 1. The average molecular weight is 261 g/mol. The molecule has 2 aliphatic rings. The van der Waals surface area contributed by atoms with E-state index in [-0.39, 0.29) is 17.6 Å². The highest BCUT2D eigenvalue weighted by Crippen LogP contribution is 2.18. The zero-order valence-electron chi connectivity index (χ0n) is 9.98. The zero-order valence-corrected chi connectivity index (χ0v) is 10.8. The van der Waals surface area contributed by atoms with E-state index in [1.54, 1.807) is 7.05 Å². The molecule has 0 spiro atoms. The van der Waals surface area contributed by atoms with Crippen LogP contribution in [0.1, 0.15) is 12.8 Å². The summed E-state index contributed by atoms with van der Waals surface area (Å²) in [4.78, 5) is 4.08. The fourth-order valence-electron chi connectivity index (χ4n) is 1.70. The second-order valence-corrected chi connectivity index (χ2v) is 6.71. The van der Waals surface area contributed by atoms with Crippen LogP contribution in [0.3, 0.4) is 0 Å². The van der Waals surface area contributed by atoms with Crippen LogP contribution in [-0.2, 0) is 14.6 Å². The van der Waals surface area contributed by atoms with Crippen molar-refractivity contribution in [2.75, 3.05) is 31.7 Å². The van der Waals surface area contributed by atoms with E-state index in [4.69, 9.17) is 4.74 Å². The second kappa shape index (κ2) is 5.22. The fraction of sp³-hybridized carbons (Fsp3) is 0.900. The summed E-state index contributed by atoms with van der Waals surface area (Å²) in [6.07, 6.45) is 2.08. The van der Waals surface area contributed by atoms with Gasteiger partial charge in [-0.05, 0) is 12.8 Å². The molecule has 2 rings (SSSR count). The lowest BCUT2D eigenvalue weighted by molar-refractivity contribution is 0.0747. The SMILES string of the molecule is CN=C(NCC1CS(=O)(=O)CCO1)NC1CC1. The van der Waals surface area contributed by atoms with Gasteiger partial charge in [0.2, 0.25) is 0 Å². The van der Waals surface area contributed by atoms with Gasteiger partial charge in [-0.15, -0.1) is 0 Å². The van der Waals surface area contributed by atoms with Crippen molar-refractivity contribution in [2.45, 2.75) is 25.0 Å². The van der Waals surface area contributed by atoms with Gasteiger partial charge in [0.15, 0.2) is 15.8 Å². The number of sulfone groups is 1.